The lowest BCUT2D eigenvalue weighted by Gasteiger charge is -2.07. The van der Waals surface area contributed by atoms with Gasteiger partial charge in [-0.3, -0.25) is 4.98 Å². The highest BCUT2D eigenvalue weighted by molar-refractivity contribution is 5.62. The normalized spacial score (nSPS) is 12.4. The molecule has 0 fully saturated rings. The molecule has 2 aromatic rings. The van der Waals surface area contributed by atoms with Gasteiger partial charge in [0.15, 0.2) is 0 Å². The summed E-state index contributed by atoms with van der Waals surface area (Å²) >= 11 is 0. The monoisotopic (exact) mass is 198 g/mol. The Balaban J connectivity index is 2.42. The van der Waals surface area contributed by atoms with E-state index in [1.807, 2.05) is 37.5 Å². The minimum atomic E-state index is 0.0289. The molecule has 0 spiro atoms. The topological polar surface area (TPSA) is 38.9 Å². The number of hydrogen-bond donors (Lipinski definition) is 1. The zero-order valence-electron chi connectivity index (χ0n) is 8.72. The lowest BCUT2D eigenvalue weighted by Crippen LogP contribution is -2.05. The Labute approximate surface area is 89.8 Å². The number of aromatic nitrogens is 1. The zero-order chi connectivity index (χ0) is 10.7. The molecule has 15 heavy (non-hydrogen) atoms. The Morgan fingerprint density at radius 1 is 1.07 bits per heavy atom. The molecular formula is C13H14N2. The van der Waals surface area contributed by atoms with Crippen LogP contribution >= 0.6 is 0 Å². The molecule has 0 saturated heterocycles. The van der Waals surface area contributed by atoms with Crippen LogP contribution in [0.1, 0.15) is 18.5 Å². The minimum absolute atomic E-state index is 0.0289. The molecule has 1 aromatic heterocycles. The van der Waals surface area contributed by atoms with E-state index in [9.17, 15) is 0 Å². The average molecular weight is 198 g/mol. The molecule has 2 nitrogen and oxygen atoms in total. The first kappa shape index (κ1) is 9.87. The first-order valence-electron chi connectivity index (χ1n) is 5.03. The van der Waals surface area contributed by atoms with E-state index in [1.165, 1.54) is 5.56 Å². The van der Waals surface area contributed by atoms with Gasteiger partial charge < -0.3 is 5.73 Å². The van der Waals surface area contributed by atoms with Crippen molar-refractivity contribution in [2.24, 2.45) is 5.73 Å². The molecule has 0 radical (unpaired) electrons. The van der Waals surface area contributed by atoms with Gasteiger partial charge in [-0.05, 0) is 24.1 Å². The van der Waals surface area contributed by atoms with Gasteiger partial charge in [0.25, 0.3) is 0 Å². The molecule has 0 aliphatic heterocycles. The number of nitrogens with two attached hydrogens (primary N) is 1. The number of pyridine rings is 1. The van der Waals surface area contributed by atoms with Crippen molar-refractivity contribution in [1.82, 2.24) is 4.98 Å². The second kappa shape index (κ2) is 4.24. The molecule has 0 amide bonds. The van der Waals surface area contributed by atoms with Crippen LogP contribution in [0.5, 0.6) is 0 Å². The standard InChI is InChI=1S/C13H14N2/c1-10(14)12-7-13(9-15-8-12)11-5-3-2-4-6-11/h2-10H,14H2,1H3. The van der Waals surface area contributed by atoms with Gasteiger partial charge >= 0.3 is 0 Å². The molecule has 2 rings (SSSR count). The molecule has 1 atom stereocenters. The van der Waals surface area contributed by atoms with Crippen LogP contribution < -0.4 is 5.73 Å². The van der Waals surface area contributed by atoms with Crippen LogP contribution in [0.3, 0.4) is 0 Å². The highest BCUT2D eigenvalue weighted by Crippen LogP contribution is 2.20. The quantitative estimate of drug-likeness (QED) is 0.805. The Bertz CT molecular complexity index is 435. The van der Waals surface area contributed by atoms with Gasteiger partial charge in [0.1, 0.15) is 0 Å². The van der Waals surface area contributed by atoms with Crippen LogP contribution in [0.15, 0.2) is 48.8 Å². The predicted molar refractivity (Wildman–Crippen MR) is 62.3 cm³/mol. The summed E-state index contributed by atoms with van der Waals surface area (Å²) < 4.78 is 0. The van der Waals surface area contributed by atoms with Crippen LogP contribution in [0.25, 0.3) is 11.1 Å². The SMILES string of the molecule is CC(N)c1cncc(-c2ccccc2)c1. The largest absolute Gasteiger partial charge is 0.324 e. The highest BCUT2D eigenvalue weighted by atomic mass is 14.7. The van der Waals surface area contributed by atoms with Gasteiger partial charge in [-0.15, -0.1) is 0 Å². The molecule has 76 valence electrons. The van der Waals surface area contributed by atoms with Crippen molar-refractivity contribution < 1.29 is 0 Å². The first-order chi connectivity index (χ1) is 7.27. The van der Waals surface area contributed by atoms with E-state index in [1.54, 1.807) is 0 Å². The fourth-order valence-electron chi connectivity index (χ4n) is 1.50. The fraction of sp³-hybridized carbons (Fsp3) is 0.154. The van der Waals surface area contributed by atoms with Crippen LogP contribution in [0, 0.1) is 0 Å². The average Bonchev–Trinajstić information content (AvgIpc) is 2.30. The summed E-state index contributed by atoms with van der Waals surface area (Å²) in [5.74, 6) is 0. The molecule has 1 aromatic carbocycles. The van der Waals surface area contributed by atoms with Crippen molar-refractivity contribution in [3.63, 3.8) is 0 Å². The Kier molecular flexibility index (Phi) is 2.79. The van der Waals surface area contributed by atoms with Gasteiger partial charge in [-0.25, -0.2) is 0 Å². The number of rotatable bonds is 2. The maximum absolute atomic E-state index is 5.82. The van der Waals surface area contributed by atoms with Gasteiger partial charge in [0, 0.05) is 24.0 Å². The summed E-state index contributed by atoms with van der Waals surface area (Å²) in [6, 6.07) is 12.3. The maximum atomic E-state index is 5.82. The van der Waals surface area contributed by atoms with E-state index in [4.69, 9.17) is 5.73 Å². The molecule has 2 N–H and O–H groups in total. The zero-order valence-corrected chi connectivity index (χ0v) is 8.72. The lowest BCUT2D eigenvalue weighted by molar-refractivity contribution is 0.812. The van der Waals surface area contributed by atoms with Crippen molar-refractivity contribution in [2.45, 2.75) is 13.0 Å². The van der Waals surface area contributed by atoms with Gasteiger partial charge in [-0.1, -0.05) is 30.3 Å². The summed E-state index contributed by atoms with van der Waals surface area (Å²) in [5.41, 5.74) is 9.18. The van der Waals surface area contributed by atoms with Crippen molar-refractivity contribution in [3.05, 3.63) is 54.4 Å². The van der Waals surface area contributed by atoms with Crippen LogP contribution in [0.4, 0.5) is 0 Å². The number of nitrogens with zero attached hydrogens (tertiary/aromatic N) is 1. The van der Waals surface area contributed by atoms with E-state index >= 15 is 0 Å². The summed E-state index contributed by atoms with van der Waals surface area (Å²) in [6.45, 7) is 1.96. The lowest BCUT2D eigenvalue weighted by atomic mass is 10.0. The Hall–Kier alpha value is -1.67. The molecule has 1 heterocycles. The predicted octanol–water partition coefficient (Wildman–Crippen LogP) is 2.77. The van der Waals surface area contributed by atoms with Crippen LogP contribution in [-0.4, -0.2) is 4.98 Å². The summed E-state index contributed by atoms with van der Waals surface area (Å²) in [7, 11) is 0. The Morgan fingerprint density at radius 2 is 1.80 bits per heavy atom. The van der Waals surface area contributed by atoms with E-state index in [-0.39, 0.29) is 6.04 Å². The van der Waals surface area contributed by atoms with Crippen molar-refractivity contribution in [2.75, 3.05) is 0 Å². The molecule has 0 bridgehead atoms. The molecule has 0 saturated carbocycles. The smallest absolute Gasteiger partial charge is 0.0346 e. The van der Waals surface area contributed by atoms with Gasteiger partial charge in [0.05, 0.1) is 0 Å². The van der Waals surface area contributed by atoms with Gasteiger partial charge in [-0.2, -0.15) is 0 Å². The van der Waals surface area contributed by atoms with E-state index in [2.05, 4.69) is 23.2 Å². The summed E-state index contributed by atoms with van der Waals surface area (Å²) in [5, 5.41) is 0. The molecular weight excluding hydrogens is 184 g/mol. The third kappa shape index (κ3) is 2.22. The second-order valence-electron chi connectivity index (χ2n) is 3.66. The molecule has 0 aliphatic rings. The second-order valence-corrected chi connectivity index (χ2v) is 3.66. The first-order valence-corrected chi connectivity index (χ1v) is 5.03. The number of hydrogen-bond acceptors (Lipinski definition) is 2. The van der Waals surface area contributed by atoms with E-state index in [0.717, 1.165) is 11.1 Å². The molecule has 2 heteroatoms. The van der Waals surface area contributed by atoms with Crippen molar-refractivity contribution >= 4 is 0 Å². The summed E-state index contributed by atoms with van der Waals surface area (Å²) in [4.78, 5) is 4.20. The van der Waals surface area contributed by atoms with Crippen molar-refractivity contribution in [3.8, 4) is 11.1 Å². The maximum Gasteiger partial charge on any atom is 0.0346 e. The minimum Gasteiger partial charge on any atom is -0.324 e. The van der Waals surface area contributed by atoms with Crippen molar-refractivity contribution in [1.29, 1.82) is 0 Å². The fourth-order valence-corrected chi connectivity index (χ4v) is 1.50. The van der Waals surface area contributed by atoms with Gasteiger partial charge in [0.2, 0.25) is 0 Å². The van der Waals surface area contributed by atoms with E-state index in [0.29, 0.717) is 0 Å². The van der Waals surface area contributed by atoms with Crippen LogP contribution in [0.2, 0.25) is 0 Å². The van der Waals surface area contributed by atoms with E-state index < -0.39 is 0 Å². The number of benzene rings is 1. The third-order valence-corrected chi connectivity index (χ3v) is 2.39. The third-order valence-electron chi connectivity index (χ3n) is 2.39. The molecule has 0 aliphatic carbocycles. The molecule has 1 unspecified atom stereocenters. The van der Waals surface area contributed by atoms with Crippen LogP contribution in [-0.2, 0) is 0 Å². The Morgan fingerprint density at radius 3 is 2.47 bits per heavy atom. The highest BCUT2D eigenvalue weighted by Gasteiger charge is 2.02. The summed E-state index contributed by atoms with van der Waals surface area (Å²) in [6.07, 6.45) is 3.68.